The minimum Gasteiger partial charge on any atom is -0.377 e. The van der Waals surface area contributed by atoms with Gasteiger partial charge in [0.15, 0.2) is 0 Å². The second-order valence-corrected chi connectivity index (χ2v) is 6.31. The molecular weight excluding hydrogens is 304 g/mol. The third-order valence-electron chi connectivity index (χ3n) is 4.91. The summed E-state index contributed by atoms with van der Waals surface area (Å²) in [7, 11) is 0. The lowest BCUT2D eigenvalue weighted by molar-refractivity contribution is -0.140. The lowest BCUT2D eigenvalue weighted by Crippen LogP contribution is -2.44. The number of aromatic nitrogens is 2. The summed E-state index contributed by atoms with van der Waals surface area (Å²) in [6, 6.07) is 10.3. The van der Waals surface area contributed by atoms with Gasteiger partial charge in [-0.2, -0.15) is 5.10 Å². The molecule has 24 heavy (non-hydrogen) atoms. The average Bonchev–Trinajstić information content (AvgIpc) is 3.30. The van der Waals surface area contributed by atoms with E-state index in [-0.39, 0.29) is 11.9 Å². The Morgan fingerprint density at radius 2 is 2.21 bits per heavy atom. The molecular formula is C18H22N4O2. The summed E-state index contributed by atoms with van der Waals surface area (Å²) < 4.78 is 5.56. The number of hydrogen-bond acceptors (Lipinski definition) is 4. The molecule has 0 bridgehead atoms. The number of anilines is 1. The number of morpholine rings is 1. The van der Waals surface area contributed by atoms with Crippen molar-refractivity contribution in [1.82, 2.24) is 15.1 Å². The number of ether oxygens (including phenoxy) is 1. The van der Waals surface area contributed by atoms with Crippen LogP contribution in [0.3, 0.4) is 0 Å². The van der Waals surface area contributed by atoms with Crippen LogP contribution in [-0.2, 0) is 16.0 Å². The van der Waals surface area contributed by atoms with Crippen LogP contribution in [0.25, 0.3) is 0 Å². The molecule has 0 spiro atoms. The Bertz CT molecular complexity index is 701. The Kier molecular flexibility index (Phi) is 4.21. The molecule has 1 aromatic heterocycles. The largest absolute Gasteiger partial charge is 0.377 e. The molecule has 2 aromatic rings. The minimum absolute atomic E-state index is 0.0559. The molecule has 0 aliphatic carbocycles. The molecule has 1 aromatic carbocycles. The zero-order chi connectivity index (χ0) is 16.4. The average molecular weight is 326 g/mol. The molecule has 6 nitrogen and oxygen atoms in total. The van der Waals surface area contributed by atoms with Gasteiger partial charge >= 0.3 is 0 Å². The van der Waals surface area contributed by atoms with Gasteiger partial charge in [-0.1, -0.05) is 18.2 Å². The number of hydrogen-bond donors (Lipinski definition) is 1. The highest BCUT2D eigenvalue weighted by atomic mass is 16.5. The smallest absolute Gasteiger partial charge is 0.225 e. The number of nitrogens with zero attached hydrogens (tertiary/aromatic N) is 3. The van der Waals surface area contributed by atoms with Gasteiger partial charge in [0.2, 0.25) is 5.91 Å². The lowest BCUT2D eigenvalue weighted by Gasteiger charge is -2.35. The standard InChI is InChI=1S/C18H22N4O2/c23-18(7-10-21-9-6-14-3-1-2-4-16(14)21)22-11-12-24-13-17(22)15-5-8-19-20-15/h1-5,8,17H,6-7,9-13H2,(H,19,20)/t17-/m1/s1. The fourth-order valence-corrected chi connectivity index (χ4v) is 3.63. The number of para-hydroxylation sites is 1. The van der Waals surface area contributed by atoms with Crippen LogP contribution < -0.4 is 4.90 Å². The third-order valence-corrected chi connectivity index (χ3v) is 4.91. The molecule has 1 N–H and O–H groups in total. The maximum absolute atomic E-state index is 12.8. The van der Waals surface area contributed by atoms with Gasteiger partial charge in [-0.05, 0) is 24.1 Å². The number of nitrogens with one attached hydrogen (secondary N) is 1. The molecule has 3 heterocycles. The first-order chi connectivity index (χ1) is 11.8. The van der Waals surface area contributed by atoms with Crippen molar-refractivity contribution in [1.29, 1.82) is 0 Å². The predicted octanol–water partition coefficient (Wildman–Crippen LogP) is 1.76. The van der Waals surface area contributed by atoms with E-state index < -0.39 is 0 Å². The SMILES string of the molecule is O=C(CCN1CCc2ccccc21)N1CCOC[C@@H]1c1ccn[nH]1. The maximum atomic E-state index is 12.8. The summed E-state index contributed by atoms with van der Waals surface area (Å²) in [5, 5.41) is 6.97. The summed E-state index contributed by atoms with van der Waals surface area (Å²) in [6.45, 7) is 3.53. The van der Waals surface area contributed by atoms with Gasteiger partial charge in [-0.25, -0.2) is 0 Å². The van der Waals surface area contributed by atoms with E-state index in [0.717, 1.165) is 25.2 Å². The van der Waals surface area contributed by atoms with E-state index in [0.29, 0.717) is 26.2 Å². The van der Waals surface area contributed by atoms with E-state index in [1.807, 2.05) is 11.0 Å². The first-order valence-corrected chi connectivity index (χ1v) is 8.52. The highest BCUT2D eigenvalue weighted by Gasteiger charge is 2.30. The summed E-state index contributed by atoms with van der Waals surface area (Å²) in [5.41, 5.74) is 3.60. The highest BCUT2D eigenvalue weighted by molar-refractivity contribution is 5.77. The van der Waals surface area contributed by atoms with Gasteiger partial charge in [0.25, 0.3) is 0 Å². The van der Waals surface area contributed by atoms with E-state index in [1.165, 1.54) is 11.3 Å². The zero-order valence-electron chi connectivity index (χ0n) is 13.6. The van der Waals surface area contributed by atoms with Crippen molar-refractivity contribution >= 4 is 11.6 Å². The molecule has 0 saturated carbocycles. The van der Waals surface area contributed by atoms with E-state index >= 15 is 0 Å². The van der Waals surface area contributed by atoms with Crippen LogP contribution in [0, 0.1) is 0 Å². The summed E-state index contributed by atoms with van der Waals surface area (Å²) >= 11 is 0. The summed E-state index contributed by atoms with van der Waals surface area (Å²) in [4.78, 5) is 17.0. The zero-order valence-corrected chi connectivity index (χ0v) is 13.6. The third kappa shape index (κ3) is 2.89. The predicted molar refractivity (Wildman–Crippen MR) is 90.8 cm³/mol. The second kappa shape index (κ2) is 6.65. The molecule has 2 aliphatic rings. The van der Waals surface area contributed by atoms with Gasteiger partial charge < -0.3 is 14.5 Å². The van der Waals surface area contributed by atoms with Crippen molar-refractivity contribution in [2.75, 3.05) is 37.7 Å². The van der Waals surface area contributed by atoms with Crippen LogP contribution in [0.2, 0.25) is 0 Å². The number of carbonyl (C=O) groups excluding carboxylic acids is 1. The monoisotopic (exact) mass is 326 g/mol. The Balaban J connectivity index is 1.40. The van der Waals surface area contributed by atoms with Crippen molar-refractivity contribution in [3.05, 3.63) is 47.8 Å². The lowest BCUT2D eigenvalue weighted by atomic mass is 10.1. The van der Waals surface area contributed by atoms with E-state index in [4.69, 9.17) is 4.74 Å². The van der Waals surface area contributed by atoms with Crippen LogP contribution >= 0.6 is 0 Å². The molecule has 1 amide bonds. The van der Waals surface area contributed by atoms with Gasteiger partial charge in [0.1, 0.15) is 0 Å². The van der Waals surface area contributed by atoms with Gasteiger partial charge in [-0.3, -0.25) is 9.89 Å². The van der Waals surface area contributed by atoms with Crippen molar-refractivity contribution in [3.8, 4) is 0 Å². The van der Waals surface area contributed by atoms with Gasteiger partial charge in [-0.15, -0.1) is 0 Å². The van der Waals surface area contributed by atoms with Crippen molar-refractivity contribution in [3.63, 3.8) is 0 Å². The maximum Gasteiger partial charge on any atom is 0.225 e. The molecule has 0 unspecified atom stereocenters. The Morgan fingerprint density at radius 3 is 3.08 bits per heavy atom. The molecule has 0 radical (unpaired) electrons. The highest BCUT2D eigenvalue weighted by Crippen LogP contribution is 2.28. The van der Waals surface area contributed by atoms with Crippen LogP contribution in [-0.4, -0.2) is 53.9 Å². The van der Waals surface area contributed by atoms with Crippen LogP contribution in [0.1, 0.15) is 23.7 Å². The number of carbonyl (C=O) groups is 1. The second-order valence-electron chi connectivity index (χ2n) is 6.31. The minimum atomic E-state index is -0.0559. The quantitative estimate of drug-likeness (QED) is 0.930. The van der Waals surface area contributed by atoms with E-state index in [1.54, 1.807) is 6.20 Å². The van der Waals surface area contributed by atoms with Crippen LogP contribution in [0.15, 0.2) is 36.5 Å². The Morgan fingerprint density at radius 1 is 1.29 bits per heavy atom. The molecule has 6 heteroatoms. The first kappa shape index (κ1) is 15.2. The van der Waals surface area contributed by atoms with Gasteiger partial charge in [0, 0.05) is 37.9 Å². The molecule has 1 atom stereocenters. The number of amides is 1. The van der Waals surface area contributed by atoms with Crippen LogP contribution in [0.4, 0.5) is 5.69 Å². The number of benzene rings is 1. The van der Waals surface area contributed by atoms with E-state index in [2.05, 4.69) is 39.4 Å². The Labute approximate surface area is 141 Å². The van der Waals surface area contributed by atoms with Crippen molar-refractivity contribution < 1.29 is 9.53 Å². The molecule has 126 valence electrons. The molecule has 1 fully saturated rings. The Hall–Kier alpha value is -2.34. The first-order valence-electron chi connectivity index (χ1n) is 8.52. The van der Waals surface area contributed by atoms with Crippen molar-refractivity contribution in [2.45, 2.75) is 18.9 Å². The molecule has 1 saturated heterocycles. The fraction of sp³-hybridized carbons (Fsp3) is 0.444. The van der Waals surface area contributed by atoms with Crippen molar-refractivity contribution in [2.24, 2.45) is 0 Å². The normalized spacial score (nSPS) is 20.2. The van der Waals surface area contributed by atoms with Gasteiger partial charge in [0.05, 0.1) is 24.9 Å². The molecule has 4 rings (SSSR count). The van der Waals surface area contributed by atoms with Crippen LogP contribution in [0.5, 0.6) is 0 Å². The number of fused-ring (bicyclic) bond motifs is 1. The fourth-order valence-electron chi connectivity index (χ4n) is 3.63. The number of H-pyrrole nitrogens is 1. The summed E-state index contributed by atoms with van der Waals surface area (Å²) in [5.74, 6) is 0.183. The summed E-state index contributed by atoms with van der Waals surface area (Å²) in [6.07, 6.45) is 3.31. The van der Waals surface area contributed by atoms with E-state index in [9.17, 15) is 4.79 Å². The number of aromatic amines is 1. The topological polar surface area (TPSA) is 61.5 Å². The number of rotatable bonds is 4. The molecule has 2 aliphatic heterocycles.